The Morgan fingerprint density at radius 1 is 1.27 bits per heavy atom. The molecule has 1 fully saturated rings. The minimum atomic E-state index is -0.371. The Morgan fingerprint density at radius 3 is 2.55 bits per heavy atom. The molecule has 0 bridgehead atoms. The first-order chi connectivity index (χ1) is 10.5. The first kappa shape index (κ1) is 17.3. The molecule has 1 aliphatic heterocycles. The lowest BCUT2D eigenvalue weighted by Gasteiger charge is -2.34. The summed E-state index contributed by atoms with van der Waals surface area (Å²) in [7, 11) is 4.12. The third kappa shape index (κ3) is 4.74. The molecule has 1 aromatic rings. The van der Waals surface area contributed by atoms with Crippen molar-refractivity contribution in [2.45, 2.75) is 32.4 Å². The van der Waals surface area contributed by atoms with E-state index in [2.05, 4.69) is 31.9 Å². The van der Waals surface area contributed by atoms with E-state index in [-0.39, 0.29) is 12.1 Å². The van der Waals surface area contributed by atoms with Crippen LogP contribution in [0.2, 0.25) is 0 Å². The van der Waals surface area contributed by atoms with E-state index in [0.29, 0.717) is 18.3 Å². The minimum absolute atomic E-state index is 0.00920. The molecule has 22 heavy (non-hydrogen) atoms. The second-order valence-electron chi connectivity index (χ2n) is 6.26. The summed E-state index contributed by atoms with van der Waals surface area (Å²) in [5.41, 5.74) is 0. The highest BCUT2D eigenvalue weighted by molar-refractivity contribution is 4.89. The number of aliphatic hydroxyl groups excluding tert-OH is 1. The van der Waals surface area contributed by atoms with Crippen LogP contribution in [0.3, 0.4) is 0 Å². The normalized spacial score (nSPS) is 20.5. The summed E-state index contributed by atoms with van der Waals surface area (Å²) in [6.45, 7) is 9.52. The molecule has 126 valence electrons. The lowest BCUT2D eigenvalue weighted by Crippen LogP contribution is -2.48. The van der Waals surface area contributed by atoms with Crippen molar-refractivity contribution < 1.29 is 9.52 Å². The average molecular weight is 311 g/mol. The van der Waals surface area contributed by atoms with Crippen molar-refractivity contribution in [3.05, 3.63) is 11.8 Å². The van der Waals surface area contributed by atoms with Crippen molar-refractivity contribution in [1.82, 2.24) is 24.9 Å². The van der Waals surface area contributed by atoms with Crippen LogP contribution in [0.4, 0.5) is 0 Å². The first-order valence-corrected chi connectivity index (χ1v) is 8.11. The van der Waals surface area contributed by atoms with Gasteiger partial charge in [-0.3, -0.25) is 9.80 Å². The van der Waals surface area contributed by atoms with Crippen LogP contribution in [0, 0.1) is 0 Å². The van der Waals surface area contributed by atoms with Gasteiger partial charge in [0.2, 0.25) is 11.8 Å². The summed E-state index contributed by atoms with van der Waals surface area (Å²) in [6.07, 6.45) is 0.375. The third-order valence-electron chi connectivity index (χ3n) is 4.37. The van der Waals surface area contributed by atoms with E-state index in [4.69, 9.17) is 4.42 Å². The molecule has 1 saturated heterocycles. The fraction of sp³-hybridized carbons (Fsp3) is 0.867. The maximum atomic E-state index is 10.3. The van der Waals surface area contributed by atoms with Gasteiger partial charge in [-0.05, 0) is 21.0 Å². The van der Waals surface area contributed by atoms with Gasteiger partial charge in [0.15, 0.2) is 0 Å². The number of likely N-dealkylation sites (N-methyl/N-ethyl adjacent to an activating group) is 2. The van der Waals surface area contributed by atoms with Gasteiger partial charge in [-0.25, -0.2) is 0 Å². The lowest BCUT2D eigenvalue weighted by atomic mass is 10.2. The van der Waals surface area contributed by atoms with Crippen LogP contribution in [0.5, 0.6) is 0 Å². The van der Waals surface area contributed by atoms with E-state index < -0.39 is 0 Å². The standard InChI is InChI=1S/C15H29N5O2/c1-5-14-16-17-15(22-14)12(2)19(4)10-13(21)11-20-8-6-18(3)7-9-20/h12-13,21H,5-11H2,1-4H3. The summed E-state index contributed by atoms with van der Waals surface area (Å²) in [5, 5.41) is 18.4. The zero-order valence-electron chi connectivity index (χ0n) is 14.2. The number of piperazine rings is 1. The SMILES string of the molecule is CCc1nnc(C(C)N(C)CC(O)CN2CCN(C)CC2)o1. The van der Waals surface area contributed by atoms with Crippen LogP contribution >= 0.6 is 0 Å². The molecule has 0 aliphatic carbocycles. The summed E-state index contributed by atoms with van der Waals surface area (Å²) >= 11 is 0. The van der Waals surface area contributed by atoms with Gasteiger partial charge in [0.25, 0.3) is 0 Å². The highest BCUT2D eigenvalue weighted by atomic mass is 16.4. The molecule has 2 heterocycles. The lowest BCUT2D eigenvalue weighted by molar-refractivity contribution is 0.0500. The van der Waals surface area contributed by atoms with E-state index in [0.717, 1.165) is 39.1 Å². The Kier molecular flexibility index (Phi) is 6.31. The van der Waals surface area contributed by atoms with Gasteiger partial charge in [-0.1, -0.05) is 6.92 Å². The second kappa shape index (κ2) is 8.01. The van der Waals surface area contributed by atoms with Crippen LogP contribution in [0.25, 0.3) is 0 Å². The number of aromatic nitrogens is 2. The molecule has 0 radical (unpaired) electrons. The van der Waals surface area contributed by atoms with E-state index in [1.54, 1.807) is 0 Å². The van der Waals surface area contributed by atoms with Crippen molar-refractivity contribution in [2.24, 2.45) is 0 Å². The number of aryl methyl sites for hydroxylation is 1. The Balaban J connectivity index is 1.78. The number of hydrogen-bond donors (Lipinski definition) is 1. The highest BCUT2D eigenvalue weighted by Gasteiger charge is 2.22. The quantitative estimate of drug-likeness (QED) is 0.773. The smallest absolute Gasteiger partial charge is 0.233 e. The van der Waals surface area contributed by atoms with Crippen molar-refractivity contribution in [2.75, 3.05) is 53.4 Å². The molecule has 1 aliphatic rings. The molecule has 7 nitrogen and oxygen atoms in total. The molecule has 0 saturated carbocycles. The second-order valence-corrected chi connectivity index (χ2v) is 6.26. The van der Waals surface area contributed by atoms with Crippen molar-refractivity contribution in [3.8, 4) is 0 Å². The fourth-order valence-corrected chi connectivity index (χ4v) is 2.64. The zero-order chi connectivity index (χ0) is 16.1. The Morgan fingerprint density at radius 2 is 1.95 bits per heavy atom. The van der Waals surface area contributed by atoms with Gasteiger partial charge in [0.1, 0.15) is 0 Å². The maximum Gasteiger partial charge on any atom is 0.233 e. The summed E-state index contributed by atoms with van der Waals surface area (Å²) in [6, 6.07) is 0.00920. The minimum Gasteiger partial charge on any atom is -0.424 e. The number of aliphatic hydroxyl groups is 1. The van der Waals surface area contributed by atoms with Crippen LogP contribution in [0.1, 0.15) is 31.7 Å². The Labute approximate surface area is 132 Å². The van der Waals surface area contributed by atoms with Crippen LogP contribution in [-0.4, -0.2) is 89.5 Å². The third-order valence-corrected chi connectivity index (χ3v) is 4.37. The topological polar surface area (TPSA) is 68.9 Å². The van der Waals surface area contributed by atoms with E-state index in [1.165, 1.54) is 0 Å². The van der Waals surface area contributed by atoms with Crippen molar-refractivity contribution >= 4 is 0 Å². The Hall–Kier alpha value is -1.02. The molecule has 2 atom stereocenters. The number of nitrogens with zero attached hydrogens (tertiary/aromatic N) is 5. The summed E-state index contributed by atoms with van der Waals surface area (Å²) < 4.78 is 5.60. The molecule has 1 aromatic heterocycles. The number of β-amino-alcohol motifs (C(OH)–C–C–N with tert-alkyl or cyclic N) is 1. The first-order valence-electron chi connectivity index (χ1n) is 8.11. The molecule has 7 heteroatoms. The number of rotatable bonds is 7. The molecular weight excluding hydrogens is 282 g/mol. The van der Waals surface area contributed by atoms with Crippen molar-refractivity contribution in [1.29, 1.82) is 0 Å². The van der Waals surface area contributed by atoms with Gasteiger partial charge in [-0.15, -0.1) is 10.2 Å². The molecule has 0 aromatic carbocycles. The molecule has 2 rings (SSSR count). The van der Waals surface area contributed by atoms with E-state index >= 15 is 0 Å². The predicted octanol–water partition coefficient (Wildman–Crippen LogP) is 0.233. The van der Waals surface area contributed by atoms with Crippen LogP contribution < -0.4 is 0 Å². The van der Waals surface area contributed by atoms with Gasteiger partial charge in [0, 0.05) is 45.7 Å². The van der Waals surface area contributed by atoms with E-state index in [9.17, 15) is 5.11 Å². The van der Waals surface area contributed by atoms with Gasteiger partial charge in [0.05, 0.1) is 12.1 Å². The highest BCUT2D eigenvalue weighted by Crippen LogP contribution is 2.17. The van der Waals surface area contributed by atoms with Crippen LogP contribution in [0.15, 0.2) is 4.42 Å². The number of hydrogen-bond acceptors (Lipinski definition) is 7. The van der Waals surface area contributed by atoms with Gasteiger partial charge >= 0.3 is 0 Å². The summed E-state index contributed by atoms with van der Waals surface area (Å²) in [4.78, 5) is 6.71. The van der Waals surface area contributed by atoms with Crippen LogP contribution in [-0.2, 0) is 6.42 Å². The molecule has 1 N–H and O–H groups in total. The van der Waals surface area contributed by atoms with E-state index in [1.807, 2.05) is 20.9 Å². The Bertz CT molecular complexity index is 445. The fourth-order valence-electron chi connectivity index (χ4n) is 2.64. The van der Waals surface area contributed by atoms with Crippen molar-refractivity contribution in [3.63, 3.8) is 0 Å². The monoisotopic (exact) mass is 311 g/mol. The van der Waals surface area contributed by atoms with Gasteiger partial charge < -0.3 is 14.4 Å². The molecule has 0 spiro atoms. The zero-order valence-corrected chi connectivity index (χ0v) is 14.2. The summed E-state index contributed by atoms with van der Waals surface area (Å²) in [5.74, 6) is 1.28. The predicted molar refractivity (Wildman–Crippen MR) is 84.7 cm³/mol. The molecule has 2 unspecified atom stereocenters. The molecular formula is C15H29N5O2. The average Bonchev–Trinajstić information content (AvgIpc) is 2.97. The van der Waals surface area contributed by atoms with Gasteiger partial charge in [-0.2, -0.15) is 0 Å². The molecule has 0 amide bonds. The maximum absolute atomic E-state index is 10.3. The largest absolute Gasteiger partial charge is 0.424 e.